The van der Waals surface area contributed by atoms with Crippen molar-refractivity contribution in [2.24, 2.45) is 11.7 Å². The Morgan fingerprint density at radius 3 is 2.52 bits per heavy atom. The first-order valence-electron chi connectivity index (χ1n) is 7.57. The van der Waals surface area contributed by atoms with Crippen molar-refractivity contribution >= 4 is 12.4 Å². The van der Waals surface area contributed by atoms with E-state index in [0.29, 0.717) is 19.1 Å². The molecule has 2 aliphatic rings. The van der Waals surface area contributed by atoms with E-state index >= 15 is 0 Å². The Morgan fingerprint density at radius 1 is 1.14 bits per heavy atom. The van der Waals surface area contributed by atoms with Crippen LogP contribution in [0, 0.1) is 5.92 Å². The van der Waals surface area contributed by atoms with Gasteiger partial charge < -0.3 is 20.7 Å². The lowest BCUT2D eigenvalue weighted by molar-refractivity contribution is -0.0382. The first-order valence-corrected chi connectivity index (χ1v) is 7.57. The lowest BCUT2D eigenvalue weighted by Gasteiger charge is -2.39. The average Bonchev–Trinajstić information content (AvgIpc) is 2.50. The summed E-state index contributed by atoms with van der Waals surface area (Å²) in [7, 11) is 0. The molecule has 5 heteroatoms. The van der Waals surface area contributed by atoms with Gasteiger partial charge in [0.15, 0.2) is 11.5 Å². The molecule has 1 aliphatic carbocycles. The maximum absolute atomic E-state index is 10.2. The van der Waals surface area contributed by atoms with Gasteiger partial charge in [-0.3, -0.25) is 0 Å². The van der Waals surface area contributed by atoms with Gasteiger partial charge in [-0.05, 0) is 30.4 Å². The molecule has 1 aromatic carbocycles. The van der Waals surface area contributed by atoms with Gasteiger partial charge in [0.25, 0.3) is 0 Å². The Morgan fingerprint density at radius 2 is 1.86 bits per heavy atom. The van der Waals surface area contributed by atoms with Crippen molar-refractivity contribution in [1.29, 1.82) is 0 Å². The molecule has 21 heavy (non-hydrogen) atoms. The van der Waals surface area contributed by atoms with E-state index < -0.39 is 0 Å². The van der Waals surface area contributed by atoms with Crippen molar-refractivity contribution in [2.75, 3.05) is 6.54 Å². The maximum Gasteiger partial charge on any atom is 0.161 e. The second kappa shape index (κ2) is 6.86. The molecule has 1 aromatic rings. The third-order valence-electron chi connectivity index (χ3n) is 4.85. The second-order valence-corrected chi connectivity index (χ2v) is 6.02. The van der Waals surface area contributed by atoms with Crippen LogP contribution in [0.5, 0.6) is 11.5 Å². The van der Waals surface area contributed by atoms with Crippen LogP contribution in [0.15, 0.2) is 12.1 Å². The van der Waals surface area contributed by atoms with Gasteiger partial charge in [-0.1, -0.05) is 25.3 Å². The van der Waals surface area contributed by atoms with Gasteiger partial charge in [0, 0.05) is 18.0 Å². The van der Waals surface area contributed by atoms with E-state index in [1.54, 1.807) is 0 Å². The van der Waals surface area contributed by atoms with Crippen molar-refractivity contribution in [3.05, 3.63) is 23.3 Å². The van der Waals surface area contributed by atoms with Crippen LogP contribution < -0.4 is 5.73 Å². The molecule has 1 heterocycles. The summed E-state index contributed by atoms with van der Waals surface area (Å²) in [5.41, 5.74) is 7.71. The van der Waals surface area contributed by atoms with Crippen molar-refractivity contribution in [1.82, 2.24) is 0 Å². The van der Waals surface area contributed by atoms with Crippen LogP contribution in [-0.4, -0.2) is 22.9 Å². The molecule has 0 saturated heterocycles. The third-order valence-corrected chi connectivity index (χ3v) is 4.85. The molecular weight excluding hydrogens is 290 g/mol. The topological polar surface area (TPSA) is 75.7 Å². The lowest BCUT2D eigenvalue weighted by atomic mass is 9.75. The number of rotatable bonds is 2. The van der Waals surface area contributed by atoms with Crippen molar-refractivity contribution in [2.45, 2.75) is 50.7 Å². The number of ether oxygens (including phenoxy) is 1. The summed E-state index contributed by atoms with van der Waals surface area (Å²) in [6.07, 6.45) is 6.23. The molecule has 1 saturated carbocycles. The van der Waals surface area contributed by atoms with Gasteiger partial charge in [-0.2, -0.15) is 0 Å². The lowest BCUT2D eigenvalue weighted by Crippen LogP contribution is -2.39. The van der Waals surface area contributed by atoms with Crippen LogP contribution in [0.1, 0.15) is 49.1 Å². The molecule has 118 valence electrons. The monoisotopic (exact) mass is 313 g/mol. The number of hydrogen-bond donors (Lipinski definition) is 3. The number of benzene rings is 1. The van der Waals surface area contributed by atoms with E-state index in [1.807, 2.05) is 6.07 Å². The van der Waals surface area contributed by atoms with Gasteiger partial charge >= 0.3 is 0 Å². The molecule has 0 aromatic heterocycles. The number of aromatic hydroxyl groups is 2. The summed E-state index contributed by atoms with van der Waals surface area (Å²) in [6, 6.07) is 3.34. The van der Waals surface area contributed by atoms with E-state index in [9.17, 15) is 10.2 Å². The van der Waals surface area contributed by atoms with E-state index in [0.717, 1.165) is 11.1 Å². The van der Waals surface area contributed by atoms with Gasteiger partial charge in [-0.15, -0.1) is 12.4 Å². The standard InChI is InChI=1S/C16H23NO3.ClH/c17-8-12-14-11(6-7-13(18)15(14)19)9-20-16(12)10-4-2-1-3-5-10;/h6-7,10,12,16,18-19H,1-5,8-9,17H2;1H. The smallest absolute Gasteiger partial charge is 0.161 e. The third kappa shape index (κ3) is 2.98. The Hall–Kier alpha value is -0.970. The van der Waals surface area contributed by atoms with Crippen LogP contribution >= 0.6 is 12.4 Å². The highest BCUT2D eigenvalue weighted by Gasteiger charge is 2.37. The number of phenols is 2. The average molecular weight is 314 g/mol. The maximum atomic E-state index is 10.2. The zero-order valence-electron chi connectivity index (χ0n) is 12.1. The molecular formula is C16H24ClNO3. The Kier molecular flexibility index (Phi) is 5.36. The molecule has 0 amide bonds. The summed E-state index contributed by atoms with van der Waals surface area (Å²) in [4.78, 5) is 0. The minimum Gasteiger partial charge on any atom is -0.504 e. The first kappa shape index (κ1) is 16.4. The van der Waals surface area contributed by atoms with E-state index in [-0.39, 0.29) is 35.9 Å². The summed E-state index contributed by atoms with van der Waals surface area (Å²) < 4.78 is 6.07. The van der Waals surface area contributed by atoms with Gasteiger partial charge in [0.2, 0.25) is 0 Å². The van der Waals surface area contributed by atoms with Crippen LogP contribution in [0.25, 0.3) is 0 Å². The van der Waals surface area contributed by atoms with Crippen molar-refractivity contribution < 1.29 is 14.9 Å². The summed E-state index contributed by atoms with van der Waals surface area (Å²) in [6.45, 7) is 0.937. The number of halogens is 1. The molecule has 0 radical (unpaired) electrons. The van der Waals surface area contributed by atoms with Gasteiger partial charge in [0.05, 0.1) is 12.7 Å². The molecule has 2 unspecified atom stereocenters. The van der Waals surface area contributed by atoms with Crippen LogP contribution in [-0.2, 0) is 11.3 Å². The molecule has 1 aliphatic heterocycles. The molecule has 2 atom stereocenters. The van der Waals surface area contributed by atoms with Crippen molar-refractivity contribution in [3.63, 3.8) is 0 Å². The highest BCUT2D eigenvalue weighted by Crippen LogP contribution is 2.45. The molecule has 4 nitrogen and oxygen atoms in total. The number of phenolic OH excluding ortho intramolecular Hbond substituents is 2. The molecule has 1 fully saturated rings. The van der Waals surface area contributed by atoms with Crippen LogP contribution in [0.2, 0.25) is 0 Å². The fourth-order valence-electron chi connectivity index (χ4n) is 3.82. The zero-order chi connectivity index (χ0) is 14.1. The highest BCUT2D eigenvalue weighted by atomic mass is 35.5. The Balaban J connectivity index is 0.00000161. The largest absolute Gasteiger partial charge is 0.504 e. The fraction of sp³-hybridized carbons (Fsp3) is 0.625. The minimum atomic E-state index is -0.0634. The zero-order valence-corrected chi connectivity index (χ0v) is 12.9. The van der Waals surface area contributed by atoms with Crippen molar-refractivity contribution in [3.8, 4) is 11.5 Å². The second-order valence-electron chi connectivity index (χ2n) is 6.02. The quantitative estimate of drug-likeness (QED) is 0.734. The summed E-state index contributed by atoms with van der Waals surface area (Å²) >= 11 is 0. The van der Waals surface area contributed by atoms with Gasteiger partial charge in [0.1, 0.15) is 0 Å². The Labute approximate surface area is 131 Å². The molecule has 4 N–H and O–H groups in total. The minimum absolute atomic E-state index is 0. The Bertz CT molecular complexity index is 489. The van der Waals surface area contributed by atoms with E-state index in [1.165, 1.54) is 38.2 Å². The van der Waals surface area contributed by atoms with Crippen LogP contribution in [0.3, 0.4) is 0 Å². The molecule has 0 spiro atoms. The summed E-state index contributed by atoms with van der Waals surface area (Å²) in [5, 5.41) is 20.0. The first-order chi connectivity index (χ1) is 9.72. The fourth-order valence-corrected chi connectivity index (χ4v) is 3.82. The van der Waals surface area contributed by atoms with E-state index in [2.05, 4.69) is 0 Å². The van der Waals surface area contributed by atoms with Gasteiger partial charge in [-0.25, -0.2) is 0 Å². The molecule has 3 rings (SSSR count). The van der Waals surface area contributed by atoms with E-state index in [4.69, 9.17) is 10.5 Å². The summed E-state index contributed by atoms with van der Waals surface area (Å²) in [5.74, 6) is 0.426. The molecule has 0 bridgehead atoms. The SMILES string of the molecule is Cl.NCC1c2c(ccc(O)c2O)COC1C1CCCCC1. The predicted molar refractivity (Wildman–Crippen MR) is 84.0 cm³/mol. The van der Waals surface area contributed by atoms with Crippen LogP contribution in [0.4, 0.5) is 0 Å². The normalized spacial score (nSPS) is 26.0. The highest BCUT2D eigenvalue weighted by molar-refractivity contribution is 5.85. The number of fused-ring (bicyclic) bond motifs is 1. The number of hydrogen-bond acceptors (Lipinski definition) is 4. The predicted octanol–water partition coefficient (Wildman–Crippen LogP) is 3.04. The number of nitrogens with two attached hydrogens (primary N) is 1.